The fraction of sp³-hybridized carbons (Fsp3) is 1.00. The molecule has 0 amide bonds. The normalized spacial score (nSPS) is 48.7. The van der Waals surface area contributed by atoms with Crippen LogP contribution in [0.1, 0.15) is 72.1 Å². The van der Waals surface area contributed by atoms with Gasteiger partial charge in [0.05, 0.1) is 0 Å². The highest BCUT2D eigenvalue weighted by Gasteiger charge is 2.39. The van der Waals surface area contributed by atoms with Gasteiger partial charge in [-0.15, -0.1) is 0 Å². The van der Waals surface area contributed by atoms with Gasteiger partial charge in [-0.05, 0) is 55.8 Å². The van der Waals surface area contributed by atoms with Gasteiger partial charge in [0.2, 0.25) is 0 Å². The van der Waals surface area contributed by atoms with Gasteiger partial charge < -0.3 is 5.73 Å². The minimum absolute atomic E-state index is 0.180. The maximum atomic E-state index is 6.80. The van der Waals surface area contributed by atoms with Crippen molar-refractivity contribution in [2.45, 2.75) is 77.7 Å². The fourth-order valence-corrected chi connectivity index (χ4v) is 4.04. The lowest BCUT2D eigenvalue weighted by molar-refractivity contribution is 0.120. The van der Waals surface area contributed by atoms with Crippen molar-refractivity contribution in [3.63, 3.8) is 0 Å². The summed E-state index contributed by atoms with van der Waals surface area (Å²) in [5.74, 6) is 3.51. The largest absolute Gasteiger partial charge is 0.325 e. The van der Waals surface area contributed by atoms with Crippen LogP contribution >= 0.6 is 0 Å². The third kappa shape index (κ3) is 3.05. The molecule has 2 fully saturated rings. The number of hydrogen-bond donors (Lipinski definition) is 1. The molecule has 0 heterocycles. The second-order valence-corrected chi connectivity index (χ2v) is 7.23. The zero-order valence-electron chi connectivity index (χ0n) is 12.0. The van der Waals surface area contributed by atoms with Crippen molar-refractivity contribution < 1.29 is 0 Å². The lowest BCUT2D eigenvalue weighted by atomic mass is 9.66. The van der Waals surface area contributed by atoms with Crippen LogP contribution in [-0.4, -0.2) is 5.54 Å². The van der Waals surface area contributed by atoms with Gasteiger partial charge in [-0.2, -0.15) is 0 Å². The van der Waals surface area contributed by atoms with Crippen molar-refractivity contribution >= 4 is 0 Å². The zero-order valence-corrected chi connectivity index (χ0v) is 12.0. The number of hydrogen-bond acceptors (Lipinski definition) is 1. The SMILES string of the molecule is CC1CCCC(N)(C2CCC(C)C(C)C2)CC1. The molecule has 0 aromatic rings. The molecule has 5 atom stereocenters. The van der Waals surface area contributed by atoms with Crippen molar-refractivity contribution in [3.8, 4) is 0 Å². The van der Waals surface area contributed by atoms with Crippen LogP contribution in [0, 0.1) is 23.7 Å². The Labute approximate surface area is 108 Å². The minimum Gasteiger partial charge on any atom is -0.325 e. The van der Waals surface area contributed by atoms with E-state index in [2.05, 4.69) is 20.8 Å². The van der Waals surface area contributed by atoms with Crippen LogP contribution < -0.4 is 5.73 Å². The first kappa shape index (κ1) is 13.4. The van der Waals surface area contributed by atoms with E-state index < -0.39 is 0 Å². The standard InChI is InChI=1S/C16H31N/c1-12-5-4-9-16(17,10-8-12)15-7-6-13(2)14(3)11-15/h12-15H,4-11,17H2,1-3H3. The van der Waals surface area contributed by atoms with Crippen molar-refractivity contribution in [1.82, 2.24) is 0 Å². The zero-order chi connectivity index (χ0) is 12.5. The van der Waals surface area contributed by atoms with Crippen molar-refractivity contribution in [1.29, 1.82) is 0 Å². The molecule has 0 aromatic carbocycles. The Morgan fingerprint density at radius 3 is 2.35 bits per heavy atom. The van der Waals surface area contributed by atoms with Gasteiger partial charge >= 0.3 is 0 Å². The van der Waals surface area contributed by atoms with Crippen LogP contribution in [0.4, 0.5) is 0 Å². The van der Waals surface area contributed by atoms with Crippen molar-refractivity contribution in [3.05, 3.63) is 0 Å². The molecule has 0 radical (unpaired) electrons. The summed E-state index contributed by atoms with van der Waals surface area (Å²) in [5.41, 5.74) is 6.98. The highest BCUT2D eigenvalue weighted by atomic mass is 14.8. The second kappa shape index (κ2) is 5.30. The van der Waals surface area contributed by atoms with Crippen molar-refractivity contribution in [2.24, 2.45) is 29.4 Å². The smallest absolute Gasteiger partial charge is 0.0183 e. The lowest BCUT2D eigenvalue weighted by Crippen LogP contribution is -2.49. The van der Waals surface area contributed by atoms with Gasteiger partial charge in [0, 0.05) is 5.54 Å². The molecule has 0 bridgehead atoms. The molecule has 2 N–H and O–H groups in total. The highest BCUT2D eigenvalue weighted by Crippen LogP contribution is 2.43. The Morgan fingerprint density at radius 1 is 0.882 bits per heavy atom. The first-order valence-corrected chi connectivity index (χ1v) is 7.80. The van der Waals surface area contributed by atoms with E-state index >= 15 is 0 Å². The summed E-state index contributed by atoms with van der Waals surface area (Å²) in [6, 6.07) is 0. The predicted molar refractivity (Wildman–Crippen MR) is 74.8 cm³/mol. The van der Waals surface area contributed by atoms with Gasteiger partial charge in [0.25, 0.3) is 0 Å². The van der Waals surface area contributed by atoms with E-state index in [9.17, 15) is 0 Å². The molecule has 2 rings (SSSR count). The van der Waals surface area contributed by atoms with Gasteiger partial charge in [-0.1, -0.05) is 40.0 Å². The Hall–Kier alpha value is -0.0400. The van der Waals surface area contributed by atoms with Crippen molar-refractivity contribution in [2.75, 3.05) is 0 Å². The molecule has 17 heavy (non-hydrogen) atoms. The summed E-state index contributed by atoms with van der Waals surface area (Å²) < 4.78 is 0. The molecule has 0 aliphatic heterocycles. The summed E-state index contributed by atoms with van der Waals surface area (Å²) in [7, 11) is 0. The van der Waals surface area contributed by atoms with Gasteiger partial charge in [-0.25, -0.2) is 0 Å². The van der Waals surface area contributed by atoms with E-state index in [1.165, 1.54) is 51.4 Å². The van der Waals surface area contributed by atoms with Crippen LogP contribution in [0.3, 0.4) is 0 Å². The fourth-order valence-electron chi connectivity index (χ4n) is 4.04. The molecule has 1 heteroatoms. The van der Waals surface area contributed by atoms with Crippen LogP contribution in [-0.2, 0) is 0 Å². The monoisotopic (exact) mass is 237 g/mol. The van der Waals surface area contributed by atoms with Crippen LogP contribution in [0.5, 0.6) is 0 Å². The topological polar surface area (TPSA) is 26.0 Å². The highest BCUT2D eigenvalue weighted by molar-refractivity contribution is 4.96. The first-order valence-electron chi connectivity index (χ1n) is 7.80. The molecule has 5 unspecified atom stereocenters. The average Bonchev–Trinajstić information content (AvgIpc) is 2.46. The Kier molecular flexibility index (Phi) is 4.18. The Balaban J connectivity index is 1.99. The van der Waals surface area contributed by atoms with E-state index in [0.717, 1.165) is 23.7 Å². The molecule has 0 spiro atoms. The molecular formula is C16H31N. The van der Waals surface area contributed by atoms with Gasteiger partial charge in [0.1, 0.15) is 0 Å². The predicted octanol–water partition coefficient (Wildman–Crippen LogP) is 4.36. The quantitative estimate of drug-likeness (QED) is 0.674. The molecule has 1 nitrogen and oxygen atoms in total. The summed E-state index contributed by atoms with van der Waals surface area (Å²) in [6.07, 6.45) is 10.8. The summed E-state index contributed by atoms with van der Waals surface area (Å²) in [4.78, 5) is 0. The lowest BCUT2D eigenvalue weighted by Gasteiger charge is -2.43. The molecule has 2 saturated carbocycles. The molecular weight excluding hydrogens is 206 g/mol. The molecule has 2 aliphatic rings. The first-order chi connectivity index (χ1) is 8.01. The van der Waals surface area contributed by atoms with Gasteiger partial charge in [-0.3, -0.25) is 0 Å². The molecule has 100 valence electrons. The Morgan fingerprint density at radius 2 is 1.65 bits per heavy atom. The minimum atomic E-state index is 0.180. The van der Waals surface area contributed by atoms with E-state index in [1.54, 1.807) is 0 Å². The molecule has 0 aromatic heterocycles. The molecule has 0 saturated heterocycles. The van der Waals surface area contributed by atoms with E-state index in [-0.39, 0.29) is 5.54 Å². The van der Waals surface area contributed by atoms with E-state index in [1.807, 2.05) is 0 Å². The average molecular weight is 237 g/mol. The van der Waals surface area contributed by atoms with E-state index in [0.29, 0.717) is 0 Å². The summed E-state index contributed by atoms with van der Waals surface area (Å²) >= 11 is 0. The second-order valence-electron chi connectivity index (χ2n) is 7.23. The molecule has 2 aliphatic carbocycles. The Bertz CT molecular complexity index is 250. The third-order valence-corrected chi connectivity index (χ3v) is 5.85. The number of nitrogens with two attached hydrogens (primary N) is 1. The summed E-state index contributed by atoms with van der Waals surface area (Å²) in [6.45, 7) is 7.25. The van der Waals surface area contributed by atoms with Gasteiger partial charge in [0.15, 0.2) is 0 Å². The van der Waals surface area contributed by atoms with E-state index in [4.69, 9.17) is 5.73 Å². The van der Waals surface area contributed by atoms with Crippen LogP contribution in [0.15, 0.2) is 0 Å². The maximum absolute atomic E-state index is 6.80. The third-order valence-electron chi connectivity index (χ3n) is 5.85. The summed E-state index contributed by atoms with van der Waals surface area (Å²) in [5, 5.41) is 0. The maximum Gasteiger partial charge on any atom is 0.0183 e. The number of rotatable bonds is 1. The van der Waals surface area contributed by atoms with Crippen LogP contribution in [0.2, 0.25) is 0 Å². The van der Waals surface area contributed by atoms with Crippen LogP contribution in [0.25, 0.3) is 0 Å².